The van der Waals surface area contributed by atoms with Crippen LogP contribution in [-0.2, 0) is 12.8 Å². The molecule has 0 unspecified atom stereocenters. The second-order valence-electron chi connectivity index (χ2n) is 12.6. The highest BCUT2D eigenvalue weighted by atomic mass is 79.9. The molecule has 0 amide bonds. The number of fused-ring (bicyclic) bond motifs is 4. The Morgan fingerprint density at radius 1 is 0.457 bits per heavy atom. The molecule has 0 fully saturated rings. The van der Waals surface area contributed by atoms with Crippen molar-refractivity contribution in [3.63, 3.8) is 0 Å². The molecule has 0 radical (unpaired) electrons. The lowest BCUT2D eigenvalue weighted by Crippen LogP contribution is -1.89. The van der Waals surface area contributed by atoms with Crippen molar-refractivity contribution in [1.82, 2.24) is 9.97 Å². The lowest BCUT2D eigenvalue weighted by Gasteiger charge is -2.06. The predicted molar refractivity (Wildman–Crippen MR) is 218 cm³/mol. The van der Waals surface area contributed by atoms with E-state index in [4.69, 9.17) is 9.97 Å². The highest BCUT2D eigenvalue weighted by Crippen LogP contribution is 2.40. The van der Waals surface area contributed by atoms with E-state index >= 15 is 0 Å². The standard InChI is InChI=1S/C22H30BrNS2.C16H18BrNS2/c1-3-4-5-6-7-8-9-10-11-12-13-17-21-18(14-16(2)25-21)24-19-15-20(23)26-22(17)19;1-3-4-5-6-7-11-15-12(8-10(2)19-15)18-13-9-14(17)20-16(11)13/h14-15H,3-13H2,1-2H3;8-9H,3-7H2,1-2H3. The van der Waals surface area contributed by atoms with Crippen LogP contribution in [0.15, 0.2) is 31.8 Å². The molecule has 8 heteroatoms. The number of rotatable bonds is 16. The Kier molecular flexibility index (Phi) is 14.4. The molecule has 0 aliphatic carbocycles. The van der Waals surface area contributed by atoms with Crippen molar-refractivity contribution in [2.45, 2.75) is 130 Å². The van der Waals surface area contributed by atoms with E-state index in [-0.39, 0.29) is 0 Å². The maximum absolute atomic E-state index is 4.87. The molecule has 0 saturated heterocycles. The van der Waals surface area contributed by atoms with Gasteiger partial charge in [0.2, 0.25) is 0 Å². The molecule has 0 N–H and O–H groups in total. The Morgan fingerprint density at radius 3 is 1.20 bits per heavy atom. The van der Waals surface area contributed by atoms with E-state index in [0.29, 0.717) is 0 Å². The number of aryl methyl sites for hydroxylation is 4. The van der Waals surface area contributed by atoms with E-state index in [2.05, 4.69) is 83.8 Å². The van der Waals surface area contributed by atoms with Crippen LogP contribution in [0.4, 0.5) is 0 Å². The smallest absolute Gasteiger partial charge is 0.0832 e. The van der Waals surface area contributed by atoms with Crippen molar-refractivity contribution in [2.24, 2.45) is 0 Å². The molecule has 248 valence electrons. The number of pyridine rings is 2. The zero-order valence-corrected chi connectivity index (χ0v) is 34.3. The summed E-state index contributed by atoms with van der Waals surface area (Å²) in [6, 6.07) is 8.80. The van der Waals surface area contributed by atoms with Gasteiger partial charge in [-0.3, -0.25) is 0 Å². The van der Waals surface area contributed by atoms with E-state index in [1.165, 1.54) is 155 Å². The molecule has 0 aromatic carbocycles. The van der Waals surface area contributed by atoms with Gasteiger partial charge in [-0.2, -0.15) is 0 Å². The van der Waals surface area contributed by atoms with Gasteiger partial charge in [0.25, 0.3) is 0 Å². The number of nitrogens with zero attached hydrogens (tertiary/aromatic N) is 2. The average Bonchev–Trinajstić information content (AvgIpc) is 3.78. The maximum Gasteiger partial charge on any atom is 0.0832 e. The van der Waals surface area contributed by atoms with Crippen LogP contribution in [0.1, 0.15) is 125 Å². The van der Waals surface area contributed by atoms with E-state index in [9.17, 15) is 0 Å². The first-order chi connectivity index (χ1) is 22.4. The van der Waals surface area contributed by atoms with Crippen LogP contribution < -0.4 is 0 Å². The van der Waals surface area contributed by atoms with Crippen LogP contribution >= 0.6 is 77.2 Å². The molecule has 0 spiro atoms. The molecular formula is C38H48Br2N2S4. The quantitative estimate of drug-likeness (QED) is 0.0909. The maximum atomic E-state index is 4.87. The fourth-order valence-electron chi connectivity index (χ4n) is 6.34. The van der Waals surface area contributed by atoms with Gasteiger partial charge in [-0.15, -0.1) is 45.3 Å². The predicted octanol–water partition coefficient (Wildman–Crippen LogP) is 15.8. The zero-order chi connectivity index (χ0) is 32.5. The van der Waals surface area contributed by atoms with Crippen LogP contribution in [0.5, 0.6) is 0 Å². The van der Waals surface area contributed by atoms with Crippen LogP contribution in [0, 0.1) is 13.8 Å². The van der Waals surface area contributed by atoms with Crippen LogP contribution in [0.2, 0.25) is 0 Å². The van der Waals surface area contributed by atoms with Crippen LogP contribution in [0.3, 0.4) is 0 Å². The van der Waals surface area contributed by atoms with Crippen molar-refractivity contribution in [2.75, 3.05) is 0 Å². The summed E-state index contributed by atoms with van der Waals surface area (Å²) >= 11 is 14.7. The Balaban J connectivity index is 0.000000187. The largest absolute Gasteiger partial charge is 0.246 e. The fraction of sp³-hybridized carbons (Fsp3) is 0.526. The number of thiophene rings is 4. The monoisotopic (exact) mass is 818 g/mol. The Morgan fingerprint density at radius 2 is 0.783 bits per heavy atom. The third kappa shape index (κ3) is 9.62. The molecule has 46 heavy (non-hydrogen) atoms. The minimum Gasteiger partial charge on any atom is -0.246 e. The summed E-state index contributed by atoms with van der Waals surface area (Å²) in [4.78, 5) is 12.4. The van der Waals surface area contributed by atoms with Gasteiger partial charge >= 0.3 is 0 Å². The number of unbranched alkanes of at least 4 members (excludes halogenated alkanes) is 12. The molecule has 6 aromatic heterocycles. The van der Waals surface area contributed by atoms with Crippen molar-refractivity contribution >= 4 is 118 Å². The van der Waals surface area contributed by atoms with Crippen LogP contribution in [-0.4, -0.2) is 9.97 Å². The van der Waals surface area contributed by atoms with E-state index in [1.54, 1.807) is 5.56 Å². The molecule has 0 atom stereocenters. The first-order valence-electron chi connectivity index (χ1n) is 17.3. The number of hydrogen-bond donors (Lipinski definition) is 0. The molecule has 6 heterocycles. The molecule has 0 aliphatic heterocycles. The number of aromatic nitrogens is 2. The lowest BCUT2D eigenvalue weighted by molar-refractivity contribution is 0.557. The van der Waals surface area contributed by atoms with E-state index in [0.717, 1.165) is 11.0 Å². The topological polar surface area (TPSA) is 25.8 Å². The molecular weight excluding hydrogens is 773 g/mol. The molecule has 6 rings (SSSR count). The van der Waals surface area contributed by atoms with Crippen molar-refractivity contribution in [3.8, 4) is 0 Å². The zero-order valence-electron chi connectivity index (χ0n) is 27.9. The SMILES string of the molecule is CCCCCCCCCCCCc1c2sc(C)cc2nc2cc(Br)sc12.CCCCCCc1c2sc(C)cc2nc2cc(Br)sc12. The summed E-state index contributed by atoms with van der Waals surface area (Å²) in [5.74, 6) is 0. The molecule has 0 bridgehead atoms. The molecule has 0 saturated carbocycles. The normalized spacial score (nSPS) is 11.8. The highest BCUT2D eigenvalue weighted by Gasteiger charge is 2.15. The summed E-state index contributed by atoms with van der Waals surface area (Å²) in [5, 5.41) is 0. The second kappa shape index (κ2) is 18.2. The summed E-state index contributed by atoms with van der Waals surface area (Å²) in [6.45, 7) is 8.93. The Hall–Kier alpha value is -0.900. The van der Waals surface area contributed by atoms with Gasteiger partial charge in [-0.05, 0) is 107 Å². The van der Waals surface area contributed by atoms with Gasteiger partial charge in [0, 0.05) is 9.75 Å². The summed E-state index contributed by atoms with van der Waals surface area (Å²) in [7, 11) is 0. The highest BCUT2D eigenvalue weighted by molar-refractivity contribution is 9.11. The lowest BCUT2D eigenvalue weighted by atomic mass is 10.0. The van der Waals surface area contributed by atoms with Gasteiger partial charge in [0.1, 0.15) is 0 Å². The van der Waals surface area contributed by atoms with Crippen LogP contribution in [0.25, 0.3) is 40.9 Å². The minimum atomic E-state index is 1.15. The summed E-state index contributed by atoms with van der Waals surface area (Å²) in [6.07, 6.45) is 21.6. The Bertz CT molecular complexity index is 1730. The van der Waals surface area contributed by atoms with E-state index < -0.39 is 0 Å². The van der Waals surface area contributed by atoms with Gasteiger partial charge in [-0.1, -0.05) is 90.9 Å². The molecule has 0 aliphatic rings. The second-order valence-corrected chi connectivity index (χ2v) is 20.0. The first-order valence-corrected chi connectivity index (χ1v) is 22.2. The first kappa shape index (κ1) is 36.4. The Labute approximate surface area is 308 Å². The van der Waals surface area contributed by atoms with Crippen molar-refractivity contribution < 1.29 is 0 Å². The fourth-order valence-corrected chi connectivity index (χ4v) is 11.7. The van der Waals surface area contributed by atoms with E-state index in [1.807, 2.05) is 45.3 Å². The molecule has 2 nitrogen and oxygen atoms in total. The van der Waals surface area contributed by atoms with Gasteiger partial charge < -0.3 is 0 Å². The van der Waals surface area contributed by atoms with Gasteiger partial charge in [0.05, 0.1) is 48.4 Å². The third-order valence-corrected chi connectivity index (χ3v) is 14.2. The minimum absolute atomic E-state index is 1.15. The van der Waals surface area contributed by atoms with Crippen molar-refractivity contribution in [3.05, 3.63) is 52.7 Å². The number of halogens is 2. The van der Waals surface area contributed by atoms with Gasteiger partial charge in [0.15, 0.2) is 0 Å². The average molecular weight is 821 g/mol. The third-order valence-electron chi connectivity index (χ3n) is 8.67. The van der Waals surface area contributed by atoms with Gasteiger partial charge in [-0.25, -0.2) is 9.97 Å². The van der Waals surface area contributed by atoms with Crippen molar-refractivity contribution in [1.29, 1.82) is 0 Å². The summed E-state index contributed by atoms with van der Waals surface area (Å²) < 4.78 is 7.97. The molecule has 6 aromatic rings. The number of hydrogen-bond acceptors (Lipinski definition) is 6. The summed E-state index contributed by atoms with van der Waals surface area (Å²) in [5.41, 5.74) is 7.74.